The van der Waals surface area contributed by atoms with Crippen LogP contribution in [0.4, 0.5) is 20.3 Å². The first kappa shape index (κ1) is 16.4. The van der Waals surface area contributed by atoms with Crippen molar-refractivity contribution in [2.45, 2.75) is 37.5 Å². The van der Waals surface area contributed by atoms with Gasteiger partial charge < -0.3 is 9.80 Å². The molecule has 1 saturated heterocycles. The van der Waals surface area contributed by atoms with E-state index in [2.05, 4.69) is 4.98 Å². The number of anilines is 2. The highest BCUT2D eigenvalue weighted by molar-refractivity contribution is 7.91. The number of sulfone groups is 1. The Labute approximate surface area is 135 Å². The van der Waals surface area contributed by atoms with Gasteiger partial charge in [-0.3, -0.25) is 0 Å². The monoisotopic (exact) mass is 345 g/mol. The van der Waals surface area contributed by atoms with Crippen LogP contribution in [0.1, 0.15) is 32.6 Å². The summed E-state index contributed by atoms with van der Waals surface area (Å²) < 4.78 is 54.2. The predicted molar refractivity (Wildman–Crippen MR) is 84.8 cm³/mol. The molecule has 3 rings (SSSR count). The largest absolute Gasteiger partial charge is 0.366 e. The smallest absolute Gasteiger partial charge is 0.239 e. The van der Waals surface area contributed by atoms with Crippen molar-refractivity contribution >= 4 is 21.3 Å². The van der Waals surface area contributed by atoms with Crippen LogP contribution >= 0.6 is 0 Å². The summed E-state index contributed by atoms with van der Waals surface area (Å²) in [7, 11) is -3.83. The summed E-state index contributed by atoms with van der Waals surface area (Å²) >= 11 is 0. The van der Waals surface area contributed by atoms with E-state index in [1.807, 2.05) is 6.92 Å². The molecule has 23 heavy (non-hydrogen) atoms. The molecule has 0 radical (unpaired) electrons. The molecule has 3 heterocycles. The van der Waals surface area contributed by atoms with Crippen LogP contribution in [0.25, 0.3) is 0 Å². The topological polar surface area (TPSA) is 53.5 Å². The molecule has 0 spiro atoms. The number of halogens is 2. The highest BCUT2D eigenvalue weighted by atomic mass is 32.2. The fourth-order valence-electron chi connectivity index (χ4n) is 3.21. The average molecular weight is 345 g/mol. The van der Waals surface area contributed by atoms with E-state index >= 15 is 0 Å². The second kappa shape index (κ2) is 6.22. The minimum atomic E-state index is -3.83. The van der Waals surface area contributed by atoms with Gasteiger partial charge in [0.05, 0.1) is 5.75 Å². The third kappa shape index (κ3) is 2.88. The number of pyridine rings is 1. The zero-order valence-electron chi connectivity index (χ0n) is 13.2. The number of nitrogens with zero attached hydrogens (tertiary/aromatic N) is 3. The minimum absolute atomic E-state index is 0.167. The molecule has 8 heteroatoms. The summed E-state index contributed by atoms with van der Waals surface area (Å²) in [5.41, 5.74) is -0.190. The lowest BCUT2D eigenvalue weighted by molar-refractivity contribution is 0.514. The van der Waals surface area contributed by atoms with Crippen molar-refractivity contribution in [3.63, 3.8) is 0 Å². The number of hydrogen-bond acceptors (Lipinski definition) is 5. The van der Waals surface area contributed by atoms with Gasteiger partial charge in [-0.2, -0.15) is 9.37 Å². The zero-order valence-corrected chi connectivity index (χ0v) is 14.0. The Balaban J connectivity index is 2.13. The van der Waals surface area contributed by atoms with Crippen molar-refractivity contribution in [3.8, 4) is 0 Å². The molecule has 0 atom stereocenters. The Hall–Kier alpha value is -1.44. The maximum atomic E-state index is 14.9. The van der Waals surface area contributed by atoms with Gasteiger partial charge in [0, 0.05) is 26.2 Å². The Morgan fingerprint density at radius 3 is 2.52 bits per heavy atom. The lowest BCUT2D eigenvalue weighted by Crippen LogP contribution is -2.38. The van der Waals surface area contributed by atoms with Gasteiger partial charge in [-0.15, -0.1) is 0 Å². The van der Waals surface area contributed by atoms with E-state index in [1.165, 1.54) is 0 Å². The van der Waals surface area contributed by atoms with Crippen LogP contribution < -0.4 is 9.80 Å². The van der Waals surface area contributed by atoms with E-state index < -0.39 is 26.5 Å². The van der Waals surface area contributed by atoms with E-state index in [0.717, 1.165) is 25.7 Å². The van der Waals surface area contributed by atoms with Gasteiger partial charge in [-0.1, -0.05) is 13.3 Å². The molecule has 0 unspecified atom stereocenters. The van der Waals surface area contributed by atoms with Crippen LogP contribution in [-0.2, 0) is 9.84 Å². The van der Waals surface area contributed by atoms with Crippen LogP contribution in [0.15, 0.2) is 4.90 Å². The van der Waals surface area contributed by atoms with Crippen LogP contribution in [0.2, 0.25) is 0 Å². The summed E-state index contributed by atoms with van der Waals surface area (Å²) in [6, 6.07) is 0. The van der Waals surface area contributed by atoms with Gasteiger partial charge in [0.2, 0.25) is 5.95 Å². The zero-order chi connectivity index (χ0) is 16.6. The van der Waals surface area contributed by atoms with Gasteiger partial charge >= 0.3 is 0 Å². The van der Waals surface area contributed by atoms with Crippen molar-refractivity contribution < 1.29 is 17.2 Å². The second-order valence-corrected chi connectivity index (χ2v) is 8.12. The van der Waals surface area contributed by atoms with Crippen molar-refractivity contribution in [1.82, 2.24) is 4.98 Å². The molecule has 1 aromatic rings. The minimum Gasteiger partial charge on any atom is -0.366 e. The van der Waals surface area contributed by atoms with Gasteiger partial charge in [0.25, 0.3) is 0 Å². The first-order valence-corrected chi connectivity index (χ1v) is 9.72. The molecule has 0 saturated carbocycles. The van der Waals surface area contributed by atoms with E-state index in [1.54, 1.807) is 9.80 Å². The molecule has 0 bridgehead atoms. The summed E-state index contributed by atoms with van der Waals surface area (Å²) in [4.78, 5) is 6.50. The van der Waals surface area contributed by atoms with Gasteiger partial charge in [-0.05, 0) is 19.3 Å². The fraction of sp³-hybridized carbons (Fsp3) is 0.667. The quantitative estimate of drug-likeness (QED) is 0.784. The van der Waals surface area contributed by atoms with Crippen LogP contribution in [-0.4, -0.2) is 45.3 Å². The van der Waals surface area contributed by atoms with Gasteiger partial charge in [0.1, 0.15) is 10.6 Å². The van der Waals surface area contributed by atoms with Crippen molar-refractivity contribution in [3.05, 3.63) is 11.8 Å². The lowest BCUT2D eigenvalue weighted by Gasteiger charge is -2.32. The summed E-state index contributed by atoms with van der Waals surface area (Å²) in [5, 5.41) is 0. The molecular weight excluding hydrogens is 324 g/mol. The molecule has 1 fully saturated rings. The summed E-state index contributed by atoms with van der Waals surface area (Å²) in [6.45, 7) is 3.81. The molecule has 2 aliphatic rings. The highest BCUT2D eigenvalue weighted by Crippen LogP contribution is 2.38. The predicted octanol–water partition coefficient (Wildman–Crippen LogP) is 2.35. The molecular formula is C15H21F2N3O2S. The molecule has 0 aromatic carbocycles. The molecule has 0 amide bonds. The summed E-state index contributed by atoms with van der Waals surface area (Å²) in [6.07, 6.45) is 3.42. The maximum Gasteiger partial charge on any atom is 0.239 e. The first-order chi connectivity index (χ1) is 11.0. The Kier molecular flexibility index (Phi) is 4.44. The van der Waals surface area contributed by atoms with Gasteiger partial charge in [-0.25, -0.2) is 12.8 Å². The SMILES string of the molecule is CCCCN1CCS(=O)(=O)c2c(F)c(N3CCCC3)nc(F)c21. The standard InChI is InChI=1S/C15H21F2N3O2S/c1-2-3-6-19-9-10-23(21,22)13-11(16)15(18-14(17)12(13)19)20-7-4-5-8-20/h2-10H2,1H3. The Morgan fingerprint density at radius 1 is 1.17 bits per heavy atom. The van der Waals surface area contributed by atoms with Crippen LogP contribution in [0.3, 0.4) is 0 Å². The van der Waals surface area contributed by atoms with Crippen molar-refractivity contribution in [2.24, 2.45) is 0 Å². The third-order valence-corrected chi connectivity index (χ3v) is 6.17. The van der Waals surface area contributed by atoms with Crippen LogP contribution in [0.5, 0.6) is 0 Å². The molecule has 1 aromatic heterocycles. The summed E-state index contributed by atoms with van der Waals surface area (Å²) in [5.74, 6) is -2.14. The number of aromatic nitrogens is 1. The molecule has 2 aliphatic heterocycles. The van der Waals surface area contributed by atoms with E-state index in [0.29, 0.717) is 19.6 Å². The van der Waals surface area contributed by atoms with Crippen LogP contribution in [0, 0.1) is 11.8 Å². The number of unbranched alkanes of at least 4 members (excludes halogenated alkanes) is 1. The maximum absolute atomic E-state index is 14.9. The molecule has 5 nitrogen and oxygen atoms in total. The number of hydrogen-bond donors (Lipinski definition) is 0. The lowest BCUT2D eigenvalue weighted by atomic mass is 10.2. The molecule has 128 valence electrons. The first-order valence-electron chi connectivity index (χ1n) is 8.07. The van der Waals surface area contributed by atoms with Crippen molar-refractivity contribution in [1.29, 1.82) is 0 Å². The number of rotatable bonds is 4. The van der Waals surface area contributed by atoms with E-state index in [9.17, 15) is 17.2 Å². The molecule has 0 aliphatic carbocycles. The Morgan fingerprint density at radius 2 is 1.87 bits per heavy atom. The Bertz CT molecular complexity index is 703. The number of fused-ring (bicyclic) bond motifs is 1. The third-order valence-electron chi connectivity index (χ3n) is 4.45. The van der Waals surface area contributed by atoms with E-state index in [-0.39, 0.29) is 23.8 Å². The average Bonchev–Trinajstić information content (AvgIpc) is 3.03. The van der Waals surface area contributed by atoms with Crippen molar-refractivity contribution in [2.75, 3.05) is 41.7 Å². The van der Waals surface area contributed by atoms with E-state index in [4.69, 9.17) is 0 Å². The molecule has 0 N–H and O–H groups in total. The second-order valence-electron chi connectivity index (χ2n) is 6.07. The normalized spacial score (nSPS) is 20.0. The van der Waals surface area contributed by atoms with Gasteiger partial charge in [0.15, 0.2) is 21.5 Å². The highest BCUT2D eigenvalue weighted by Gasteiger charge is 2.37. The fourth-order valence-corrected chi connectivity index (χ4v) is 4.74.